The second kappa shape index (κ2) is 9.25. The van der Waals surface area contributed by atoms with E-state index in [-0.39, 0.29) is 11.7 Å². The molecule has 0 bridgehead atoms. The molecular formula is C21H20FNO2S. The van der Waals surface area contributed by atoms with Gasteiger partial charge in [0.05, 0.1) is 12.3 Å². The minimum atomic E-state index is -0.233. The van der Waals surface area contributed by atoms with Gasteiger partial charge in [0.2, 0.25) is 5.91 Å². The van der Waals surface area contributed by atoms with Crippen LogP contribution in [0.4, 0.5) is 4.39 Å². The Hall–Kier alpha value is -2.53. The lowest BCUT2D eigenvalue weighted by molar-refractivity contribution is -0.118. The third-order valence-electron chi connectivity index (χ3n) is 3.88. The molecule has 134 valence electrons. The quantitative estimate of drug-likeness (QED) is 0.598. The summed E-state index contributed by atoms with van der Waals surface area (Å²) in [6.07, 6.45) is 0. The molecule has 0 atom stereocenters. The molecule has 5 heteroatoms. The van der Waals surface area contributed by atoms with E-state index in [1.807, 2.05) is 42.5 Å². The molecule has 3 aromatic carbocycles. The number of halogens is 1. The summed E-state index contributed by atoms with van der Waals surface area (Å²) < 4.78 is 19.3. The Morgan fingerprint density at radius 2 is 1.77 bits per heavy atom. The largest absolute Gasteiger partial charge is 0.491 e. The van der Waals surface area contributed by atoms with Gasteiger partial charge in [-0.3, -0.25) is 4.79 Å². The van der Waals surface area contributed by atoms with Crippen molar-refractivity contribution in [3.05, 3.63) is 78.1 Å². The van der Waals surface area contributed by atoms with E-state index in [9.17, 15) is 9.18 Å². The van der Waals surface area contributed by atoms with Crippen molar-refractivity contribution in [3.8, 4) is 5.75 Å². The molecule has 0 radical (unpaired) electrons. The zero-order valence-electron chi connectivity index (χ0n) is 14.3. The Kier molecular flexibility index (Phi) is 6.50. The Balaban J connectivity index is 1.38. The van der Waals surface area contributed by atoms with Crippen molar-refractivity contribution >= 4 is 28.4 Å². The molecule has 0 spiro atoms. The van der Waals surface area contributed by atoms with E-state index < -0.39 is 0 Å². The van der Waals surface area contributed by atoms with Crippen molar-refractivity contribution in [1.82, 2.24) is 5.32 Å². The fourth-order valence-electron chi connectivity index (χ4n) is 2.59. The first-order valence-electron chi connectivity index (χ1n) is 8.42. The van der Waals surface area contributed by atoms with Gasteiger partial charge in [0, 0.05) is 11.1 Å². The van der Waals surface area contributed by atoms with Gasteiger partial charge in [-0.2, -0.15) is 0 Å². The van der Waals surface area contributed by atoms with E-state index in [4.69, 9.17) is 4.74 Å². The predicted octanol–water partition coefficient (Wildman–Crippen LogP) is 4.41. The first kappa shape index (κ1) is 18.3. The maximum atomic E-state index is 13.5. The summed E-state index contributed by atoms with van der Waals surface area (Å²) >= 11 is 1.39. The third kappa shape index (κ3) is 4.99. The number of rotatable bonds is 8. The lowest BCUT2D eigenvalue weighted by Crippen LogP contribution is -2.29. The summed E-state index contributed by atoms with van der Waals surface area (Å²) in [6.45, 7) is 0.833. The summed E-state index contributed by atoms with van der Waals surface area (Å²) in [5.74, 6) is 1.28. The highest BCUT2D eigenvalue weighted by molar-refractivity contribution is 7.99. The molecule has 26 heavy (non-hydrogen) atoms. The van der Waals surface area contributed by atoms with Crippen LogP contribution in [0.15, 0.2) is 66.7 Å². The predicted molar refractivity (Wildman–Crippen MR) is 105 cm³/mol. The molecule has 0 fully saturated rings. The first-order valence-corrected chi connectivity index (χ1v) is 9.58. The third-order valence-corrected chi connectivity index (χ3v) is 4.86. The first-order chi connectivity index (χ1) is 12.7. The van der Waals surface area contributed by atoms with Crippen molar-refractivity contribution in [2.45, 2.75) is 5.75 Å². The highest BCUT2D eigenvalue weighted by Crippen LogP contribution is 2.24. The molecule has 0 aliphatic heterocycles. The van der Waals surface area contributed by atoms with Gasteiger partial charge < -0.3 is 10.1 Å². The molecule has 1 N–H and O–H groups in total. The number of hydrogen-bond donors (Lipinski definition) is 1. The molecule has 1 amide bonds. The Morgan fingerprint density at radius 1 is 1.00 bits per heavy atom. The number of carbonyl (C=O) groups excluding carboxylic acids is 1. The second-order valence-electron chi connectivity index (χ2n) is 5.76. The van der Waals surface area contributed by atoms with Crippen LogP contribution in [0.5, 0.6) is 5.75 Å². The molecule has 0 heterocycles. The maximum Gasteiger partial charge on any atom is 0.230 e. The molecule has 0 saturated heterocycles. The number of thioether (sulfide) groups is 1. The van der Waals surface area contributed by atoms with Gasteiger partial charge in [-0.1, -0.05) is 54.6 Å². The van der Waals surface area contributed by atoms with Gasteiger partial charge in [-0.05, 0) is 23.1 Å². The Bertz CT molecular complexity index is 879. The number of nitrogens with one attached hydrogen (secondary N) is 1. The van der Waals surface area contributed by atoms with Crippen LogP contribution in [-0.4, -0.2) is 24.8 Å². The lowest BCUT2D eigenvalue weighted by Gasteiger charge is -2.10. The zero-order valence-corrected chi connectivity index (χ0v) is 15.1. The van der Waals surface area contributed by atoms with E-state index in [0.717, 1.165) is 16.5 Å². The van der Waals surface area contributed by atoms with Gasteiger partial charge in [0.1, 0.15) is 18.2 Å². The van der Waals surface area contributed by atoms with Crippen LogP contribution >= 0.6 is 11.8 Å². The van der Waals surface area contributed by atoms with Crippen LogP contribution in [0.1, 0.15) is 5.56 Å². The smallest absolute Gasteiger partial charge is 0.230 e. The standard InChI is InChI=1S/C21H20FNO2S/c22-19-10-4-2-7-17(19)14-26-15-21(24)23-12-13-25-20-11-5-8-16-6-1-3-9-18(16)20/h1-11H,12-15H2,(H,23,24). The number of hydrogen-bond acceptors (Lipinski definition) is 3. The monoisotopic (exact) mass is 369 g/mol. The van der Waals surface area contributed by atoms with E-state index in [0.29, 0.717) is 30.2 Å². The molecule has 0 aliphatic carbocycles. The maximum absolute atomic E-state index is 13.5. The van der Waals surface area contributed by atoms with Crippen molar-refractivity contribution in [3.63, 3.8) is 0 Å². The normalized spacial score (nSPS) is 10.7. The van der Waals surface area contributed by atoms with Gasteiger partial charge in [0.15, 0.2) is 0 Å². The molecule has 3 aromatic rings. The summed E-state index contributed by atoms with van der Waals surface area (Å²) in [4.78, 5) is 11.9. The van der Waals surface area contributed by atoms with Crippen molar-refractivity contribution in [2.24, 2.45) is 0 Å². The van der Waals surface area contributed by atoms with E-state index >= 15 is 0 Å². The lowest BCUT2D eigenvalue weighted by atomic mass is 10.1. The molecule has 3 rings (SSSR count). The molecule has 3 nitrogen and oxygen atoms in total. The molecular weight excluding hydrogens is 349 g/mol. The van der Waals surface area contributed by atoms with Gasteiger partial charge >= 0.3 is 0 Å². The average molecular weight is 369 g/mol. The second-order valence-corrected chi connectivity index (χ2v) is 6.75. The minimum Gasteiger partial charge on any atom is -0.491 e. The number of benzene rings is 3. The highest BCUT2D eigenvalue weighted by atomic mass is 32.2. The van der Waals surface area contributed by atoms with Crippen LogP contribution in [0.3, 0.4) is 0 Å². The van der Waals surface area contributed by atoms with Gasteiger partial charge in [0.25, 0.3) is 0 Å². The van der Waals surface area contributed by atoms with Crippen molar-refractivity contribution in [1.29, 1.82) is 0 Å². The van der Waals surface area contributed by atoms with E-state index in [1.54, 1.807) is 18.2 Å². The SMILES string of the molecule is O=C(CSCc1ccccc1F)NCCOc1cccc2ccccc12. The zero-order chi connectivity index (χ0) is 18.2. The van der Waals surface area contributed by atoms with Gasteiger partial charge in [-0.15, -0.1) is 11.8 Å². The van der Waals surface area contributed by atoms with Gasteiger partial charge in [-0.25, -0.2) is 4.39 Å². The summed E-state index contributed by atoms with van der Waals surface area (Å²) in [5, 5.41) is 5.00. The Morgan fingerprint density at radius 3 is 2.65 bits per heavy atom. The minimum absolute atomic E-state index is 0.0761. The van der Waals surface area contributed by atoms with Crippen LogP contribution in [-0.2, 0) is 10.5 Å². The Labute approximate surface area is 156 Å². The number of amides is 1. The molecule has 0 unspecified atom stereocenters. The van der Waals surface area contributed by atoms with Crippen molar-refractivity contribution < 1.29 is 13.9 Å². The summed E-state index contributed by atoms with van der Waals surface area (Å²) in [5.41, 5.74) is 0.615. The van der Waals surface area contributed by atoms with Crippen LogP contribution in [0.2, 0.25) is 0 Å². The van der Waals surface area contributed by atoms with Crippen molar-refractivity contribution in [2.75, 3.05) is 18.9 Å². The molecule has 0 aromatic heterocycles. The topological polar surface area (TPSA) is 38.3 Å². The van der Waals surface area contributed by atoms with E-state index in [2.05, 4.69) is 5.32 Å². The number of carbonyl (C=O) groups is 1. The average Bonchev–Trinajstić information content (AvgIpc) is 2.67. The highest BCUT2D eigenvalue weighted by Gasteiger charge is 2.05. The van der Waals surface area contributed by atoms with E-state index in [1.165, 1.54) is 17.8 Å². The fraction of sp³-hybridized carbons (Fsp3) is 0.190. The molecule has 0 saturated carbocycles. The van der Waals surface area contributed by atoms with Crippen LogP contribution in [0.25, 0.3) is 10.8 Å². The molecule has 0 aliphatic rings. The number of ether oxygens (including phenoxy) is 1. The summed E-state index contributed by atoms with van der Waals surface area (Å²) in [6, 6.07) is 20.6. The summed E-state index contributed by atoms with van der Waals surface area (Å²) in [7, 11) is 0. The van der Waals surface area contributed by atoms with Crippen LogP contribution < -0.4 is 10.1 Å². The fourth-order valence-corrected chi connectivity index (χ4v) is 3.44. The van der Waals surface area contributed by atoms with Crippen LogP contribution in [0, 0.1) is 5.82 Å². The number of fused-ring (bicyclic) bond motifs is 1.